The molecule has 0 radical (unpaired) electrons. The van der Waals surface area contributed by atoms with Gasteiger partial charge in [0.2, 0.25) is 0 Å². The van der Waals surface area contributed by atoms with Crippen LogP contribution in [0.4, 0.5) is 0 Å². The Morgan fingerprint density at radius 2 is 1.78 bits per heavy atom. The van der Waals surface area contributed by atoms with E-state index in [9.17, 15) is 4.79 Å². The molecule has 1 N–H and O–H groups in total. The minimum absolute atomic E-state index is 0.0550. The minimum atomic E-state index is -1.02. The van der Waals surface area contributed by atoms with E-state index in [1.54, 1.807) is 7.11 Å². The molecular weight excluding hydrogens is 314 g/mol. The molecule has 0 amide bonds. The zero-order chi connectivity index (χ0) is 16.2. The first-order chi connectivity index (χ1) is 11.2. The fourth-order valence-electron chi connectivity index (χ4n) is 2.00. The number of carbonyl (C=O) groups is 1. The molecule has 23 heavy (non-hydrogen) atoms. The Kier molecular flexibility index (Phi) is 4.25. The number of thiazole rings is 1. The molecule has 0 aliphatic carbocycles. The fourth-order valence-corrected chi connectivity index (χ4v) is 2.80. The molecule has 6 heteroatoms. The topological polar surface area (TPSA) is 68.7 Å². The van der Waals surface area contributed by atoms with Gasteiger partial charge in [-0.05, 0) is 36.4 Å². The predicted molar refractivity (Wildman–Crippen MR) is 87.6 cm³/mol. The molecule has 0 fully saturated rings. The van der Waals surface area contributed by atoms with Gasteiger partial charge in [0, 0.05) is 10.9 Å². The summed E-state index contributed by atoms with van der Waals surface area (Å²) in [6.07, 6.45) is 0. The van der Waals surface area contributed by atoms with Crippen LogP contribution in [-0.2, 0) is 0 Å². The van der Waals surface area contributed by atoms with Gasteiger partial charge < -0.3 is 14.6 Å². The molecular formula is C17H13NO4S. The largest absolute Gasteiger partial charge is 0.493 e. The molecule has 3 rings (SSSR count). The van der Waals surface area contributed by atoms with Crippen molar-refractivity contribution in [3.8, 4) is 27.8 Å². The average Bonchev–Trinajstić information content (AvgIpc) is 3.06. The van der Waals surface area contributed by atoms with Crippen molar-refractivity contribution in [1.82, 2.24) is 4.98 Å². The van der Waals surface area contributed by atoms with Crippen molar-refractivity contribution < 1.29 is 19.4 Å². The van der Waals surface area contributed by atoms with E-state index < -0.39 is 5.97 Å². The van der Waals surface area contributed by atoms with E-state index in [-0.39, 0.29) is 5.69 Å². The second-order valence-corrected chi connectivity index (χ2v) is 5.48. The van der Waals surface area contributed by atoms with Crippen molar-refractivity contribution in [2.75, 3.05) is 7.11 Å². The summed E-state index contributed by atoms with van der Waals surface area (Å²) in [6.45, 7) is 0. The number of aromatic carboxylic acids is 1. The highest BCUT2D eigenvalue weighted by Crippen LogP contribution is 2.32. The van der Waals surface area contributed by atoms with Gasteiger partial charge in [-0.25, -0.2) is 9.78 Å². The lowest BCUT2D eigenvalue weighted by Crippen LogP contribution is -1.95. The molecule has 0 atom stereocenters. The van der Waals surface area contributed by atoms with Crippen molar-refractivity contribution in [3.63, 3.8) is 0 Å². The molecule has 2 aromatic carbocycles. The molecule has 0 aliphatic rings. The Morgan fingerprint density at radius 1 is 1.09 bits per heavy atom. The molecule has 5 nitrogen and oxygen atoms in total. The molecule has 0 saturated carbocycles. The fraction of sp³-hybridized carbons (Fsp3) is 0.0588. The van der Waals surface area contributed by atoms with Gasteiger partial charge >= 0.3 is 5.97 Å². The van der Waals surface area contributed by atoms with Gasteiger partial charge in [0.1, 0.15) is 10.8 Å². The summed E-state index contributed by atoms with van der Waals surface area (Å²) in [5.74, 6) is 0.921. The summed E-state index contributed by atoms with van der Waals surface area (Å²) in [7, 11) is 1.59. The average molecular weight is 327 g/mol. The van der Waals surface area contributed by atoms with Crippen LogP contribution in [0.3, 0.4) is 0 Å². The van der Waals surface area contributed by atoms with Crippen LogP contribution in [0.1, 0.15) is 10.5 Å². The number of ether oxygens (including phenoxy) is 2. The first kappa shape index (κ1) is 15.1. The number of methoxy groups -OCH3 is 1. The van der Waals surface area contributed by atoms with Crippen LogP contribution >= 0.6 is 11.3 Å². The number of hydrogen-bond donors (Lipinski definition) is 1. The molecule has 1 heterocycles. The number of hydrogen-bond acceptors (Lipinski definition) is 5. The number of benzene rings is 2. The van der Waals surface area contributed by atoms with Crippen LogP contribution in [0.2, 0.25) is 0 Å². The lowest BCUT2D eigenvalue weighted by molar-refractivity contribution is 0.0691. The normalized spacial score (nSPS) is 10.3. The second kappa shape index (κ2) is 6.50. The van der Waals surface area contributed by atoms with Crippen LogP contribution in [-0.4, -0.2) is 23.2 Å². The van der Waals surface area contributed by atoms with E-state index in [1.807, 2.05) is 48.5 Å². The number of aromatic nitrogens is 1. The maximum absolute atomic E-state index is 10.9. The van der Waals surface area contributed by atoms with Crippen LogP contribution < -0.4 is 9.47 Å². The van der Waals surface area contributed by atoms with Crippen LogP contribution in [0.5, 0.6) is 17.2 Å². The number of nitrogens with zero attached hydrogens (tertiary/aromatic N) is 1. The van der Waals surface area contributed by atoms with Crippen molar-refractivity contribution >= 4 is 17.3 Å². The van der Waals surface area contributed by atoms with Crippen molar-refractivity contribution in [1.29, 1.82) is 0 Å². The van der Waals surface area contributed by atoms with E-state index >= 15 is 0 Å². The molecule has 3 aromatic rings. The van der Waals surface area contributed by atoms with Gasteiger partial charge in [-0.2, -0.15) is 0 Å². The molecule has 1 aromatic heterocycles. The summed E-state index contributed by atoms with van der Waals surface area (Å²) in [5.41, 5.74) is 0.897. The molecule has 0 saturated heterocycles. The highest BCUT2D eigenvalue weighted by atomic mass is 32.1. The first-order valence-electron chi connectivity index (χ1n) is 6.77. The standard InChI is InChI=1S/C17H13NO4S/c1-21-14-4-2-3-5-15(14)22-12-8-6-11(7-9-12)16-18-13(10-23-16)17(19)20/h2-10H,1H3,(H,19,20). The van der Waals surface area contributed by atoms with Crippen LogP contribution in [0.15, 0.2) is 53.9 Å². The first-order valence-corrected chi connectivity index (χ1v) is 7.65. The Balaban J connectivity index is 1.80. The van der Waals surface area contributed by atoms with Gasteiger partial charge in [-0.3, -0.25) is 0 Å². The number of carboxylic acids is 1. The van der Waals surface area contributed by atoms with Crippen LogP contribution in [0.25, 0.3) is 10.6 Å². The third-order valence-electron chi connectivity index (χ3n) is 3.12. The van der Waals surface area contributed by atoms with Crippen molar-refractivity contribution in [2.24, 2.45) is 0 Å². The summed E-state index contributed by atoms with van der Waals surface area (Å²) in [6, 6.07) is 14.7. The third-order valence-corrected chi connectivity index (χ3v) is 4.01. The summed E-state index contributed by atoms with van der Waals surface area (Å²) >= 11 is 1.29. The van der Waals surface area contributed by atoms with Crippen molar-refractivity contribution in [2.45, 2.75) is 0 Å². The molecule has 0 bridgehead atoms. The van der Waals surface area contributed by atoms with Gasteiger partial charge in [-0.15, -0.1) is 11.3 Å². The zero-order valence-corrected chi connectivity index (χ0v) is 13.0. The van der Waals surface area contributed by atoms with Crippen LogP contribution in [0, 0.1) is 0 Å². The Morgan fingerprint density at radius 3 is 2.39 bits per heavy atom. The summed E-state index contributed by atoms with van der Waals surface area (Å²) in [5, 5.41) is 11.1. The monoisotopic (exact) mass is 327 g/mol. The maximum Gasteiger partial charge on any atom is 0.355 e. The van der Waals surface area contributed by atoms with Gasteiger partial charge in [0.05, 0.1) is 7.11 Å². The van der Waals surface area contributed by atoms with E-state index in [2.05, 4.69) is 4.98 Å². The smallest absolute Gasteiger partial charge is 0.355 e. The lowest BCUT2D eigenvalue weighted by atomic mass is 10.2. The van der Waals surface area contributed by atoms with E-state index in [4.69, 9.17) is 14.6 Å². The molecule has 0 spiro atoms. The van der Waals surface area contributed by atoms with Gasteiger partial charge in [0.25, 0.3) is 0 Å². The predicted octanol–water partition coefficient (Wildman–Crippen LogP) is 4.31. The Bertz CT molecular complexity index is 827. The SMILES string of the molecule is COc1ccccc1Oc1ccc(-c2nc(C(=O)O)cs2)cc1. The molecule has 0 aliphatic heterocycles. The number of rotatable bonds is 5. The Hall–Kier alpha value is -2.86. The highest BCUT2D eigenvalue weighted by molar-refractivity contribution is 7.13. The van der Waals surface area contributed by atoms with Gasteiger partial charge in [-0.1, -0.05) is 12.1 Å². The van der Waals surface area contributed by atoms with Gasteiger partial charge in [0.15, 0.2) is 17.2 Å². The molecule has 116 valence electrons. The molecule has 0 unspecified atom stereocenters. The maximum atomic E-state index is 10.9. The Labute approximate surface area is 136 Å². The number of para-hydroxylation sites is 2. The van der Waals surface area contributed by atoms with E-state index in [1.165, 1.54) is 16.7 Å². The van der Waals surface area contributed by atoms with E-state index in [0.29, 0.717) is 22.3 Å². The lowest BCUT2D eigenvalue weighted by Gasteiger charge is -2.10. The second-order valence-electron chi connectivity index (χ2n) is 4.62. The quantitative estimate of drug-likeness (QED) is 0.756. The van der Waals surface area contributed by atoms with E-state index in [0.717, 1.165) is 5.56 Å². The summed E-state index contributed by atoms with van der Waals surface area (Å²) in [4.78, 5) is 15.0. The zero-order valence-electron chi connectivity index (χ0n) is 12.2. The van der Waals surface area contributed by atoms with Crippen molar-refractivity contribution in [3.05, 3.63) is 59.6 Å². The number of carboxylic acid groups (broad SMARTS) is 1. The highest BCUT2D eigenvalue weighted by Gasteiger charge is 2.10. The summed E-state index contributed by atoms with van der Waals surface area (Å²) < 4.78 is 11.0. The minimum Gasteiger partial charge on any atom is -0.493 e. The third kappa shape index (κ3) is 3.32.